The standard InChI is InChI=1S/C15H20O4/c1-3-11(2)14(16)19-13-9-17-15(18-10-13)12-7-5-4-6-8-12/h4-8,11,13,15H,3,9-10H2,1-2H3. The number of esters is 1. The van der Waals surface area contributed by atoms with Crippen LogP contribution in [0.25, 0.3) is 0 Å². The van der Waals surface area contributed by atoms with Gasteiger partial charge < -0.3 is 14.2 Å². The largest absolute Gasteiger partial charge is 0.457 e. The van der Waals surface area contributed by atoms with Gasteiger partial charge in [0.2, 0.25) is 0 Å². The molecule has 4 heteroatoms. The Morgan fingerprint density at radius 2 is 1.95 bits per heavy atom. The molecule has 1 heterocycles. The van der Waals surface area contributed by atoms with E-state index in [9.17, 15) is 4.79 Å². The maximum atomic E-state index is 11.7. The van der Waals surface area contributed by atoms with Crippen molar-refractivity contribution >= 4 is 5.97 Å². The summed E-state index contributed by atoms with van der Waals surface area (Å²) in [4.78, 5) is 11.7. The summed E-state index contributed by atoms with van der Waals surface area (Å²) >= 11 is 0. The maximum absolute atomic E-state index is 11.7. The number of ether oxygens (including phenoxy) is 3. The summed E-state index contributed by atoms with van der Waals surface area (Å²) in [7, 11) is 0. The third kappa shape index (κ3) is 3.78. The lowest BCUT2D eigenvalue weighted by Gasteiger charge is -2.29. The molecule has 0 saturated carbocycles. The fraction of sp³-hybridized carbons (Fsp3) is 0.533. The molecule has 0 bridgehead atoms. The van der Waals surface area contributed by atoms with Crippen LogP contribution in [0.5, 0.6) is 0 Å². The predicted octanol–water partition coefficient (Wildman–Crippen LogP) is 2.69. The minimum atomic E-state index is -0.361. The molecule has 19 heavy (non-hydrogen) atoms. The Labute approximate surface area is 113 Å². The van der Waals surface area contributed by atoms with Gasteiger partial charge in [-0.3, -0.25) is 4.79 Å². The molecule has 0 radical (unpaired) electrons. The first kappa shape index (κ1) is 14.0. The van der Waals surface area contributed by atoms with Crippen molar-refractivity contribution in [3.63, 3.8) is 0 Å². The van der Waals surface area contributed by atoms with Gasteiger partial charge >= 0.3 is 5.97 Å². The maximum Gasteiger partial charge on any atom is 0.309 e. The first-order valence-corrected chi connectivity index (χ1v) is 6.69. The predicted molar refractivity (Wildman–Crippen MR) is 70.4 cm³/mol. The second-order valence-corrected chi connectivity index (χ2v) is 4.78. The van der Waals surface area contributed by atoms with E-state index in [0.29, 0.717) is 13.2 Å². The molecule has 1 aromatic rings. The summed E-state index contributed by atoms with van der Waals surface area (Å²) < 4.78 is 16.5. The van der Waals surface area contributed by atoms with Gasteiger partial charge in [-0.15, -0.1) is 0 Å². The Kier molecular flexibility index (Phi) is 4.93. The molecule has 1 atom stereocenters. The van der Waals surface area contributed by atoms with E-state index in [2.05, 4.69) is 0 Å². The van der Waals surface area contributed by atoms with Crippen LogP contribution >= 0.6 is 0 Å². The summed E-state index contributed by atoms with van der Waals surface area (Å²) in [5.74, 6) is -0.260. The minimum Gasteiger partial charge on any atom is -0.457 e. The molecule has 0 amide bonds. The van der Waals surface area contributed by atoms with Crippen LogP contribution in [0.2, 0.25) is 0 Å². The van der Waals surface area contributed by atoms with Gasteiger partial charge in [-0.2, -0.15) is 0 Å². The molecular weight excluding hydrogens is 244 g/mol. The fourth-order valence-electron chi connectivity index (χ4n) is 1.80. The molecule has 1 fully saturated rings. The van der Waals surface area contributed by atoms with E-state index >= 15 is 0 Å². The van der Waals surface area contributed by atoms with Gasteiger partial charge in [-0.25, -0.2) is 0 Å². The first-order valence-electron chi connectivity index (χ1n) is 6.69. The van der Waals surface area contributed by atoms with Gasteiger partial charge in [0.05, 0.1) is 19.1 Å². The number of rotatable bonds is 4. The lowest BCUT2D eigenvalue weighted by atomic mass is 10.1. The molecular formula is C15H20O4. The molecule has 0 aromatic heterocycles. The molecule has 1 aliphatic heterocycles. The molecule has 0 aliphatic carbocycles. The van der Waals surface area contributed by atoms with Crippen LogP contribution in [0.1, 0.15) is 32.1 Å². The third-order valence-electron chi connectivity index (χ3n) is 3.24. The average Bonchev–Trinajstić information content (AvgIpc) is 2.48. The van der Waals surface area contributed by atoms with E-state index in [-0.39, 0.29) is 24.3 Å². The van der Waals surface area contributed by atoms with Crippen molar-refractivity contribution in [2.75, 3.05) is 13.2 Å². The highest BCUT2D eigenvalue weighted by Gasteiger charge is 2.27. The van der Waals surface area contributed by atoms with Crippen LogP contribution in [0, 0.1) is 5.92 Å². The van der Waals surface area contributed by atoms with E-state index in [1.54, 1.807) is 0 Å². The van der Waals surface area contributed by atoms with Crippen molar-refractivity contribution in [2.24, 2.45) is 5.92 Å². The lowest BCUT2D eigenvalue weighted by Crippen LogP contribution is -2.36. The van der Waals surface area contributed by atoms with Gasteiger partial charge in [0, 0.05) is 5.56 Å². The van der Waals surface area contributed by atoms with Gasteiger partial charge in [-0.1, -0.05) is 44.2 Å². The van der Waals surface area contributed by atoms with Gasteiger partial charge in [0.15, 0.2) is 6.29 Å². The van der Waals surface area contributed by atoms with Crippen LogP contribution in [-0.2, 0) is 19.0 Å². The Hall–Kier alpha value is -1.39. The number of hydrogen-bond donors (Lipinski definition) is 0. The van der Waals surface area contributed by atoms with Crippen molar-refractivity contribution in [3.8, 4) is 0 Å². The Balaban J connectivity index is 1.81. The number of carbonyl (C=O) groups excluding carboxylic acids is 1. The monoisotopic (exact) mass is 264 g/mol. The van der Waals surface area contributed by atoms with E-state index in [0.717, 1.165) is 12.0 Å². The Bertz CT molecular complexity index is 396. The smallest absolute Gasteiger partial charge is 0.309 e. The third-order valence-corrected chi connectivity index (χ3v) is 3.24. The van der Waals surface area contributed by atoms with E-state index in [1.165, 1.54) is 0 Å². The molecule has 104 valence electrons. The van der Waals surface area contributed by atoms with Gasteiger partial charge in [0.1, 0.15) is 6.10 Å². The summed E-state index contributed by atoms with van der Waals surface area (Å²) in [6, 6.07) is 9.74. The highest BCUT2D eigenvalue weighted by molar-refractivity contribution is 5.72. The van der Waals surface area contributed by atoms with Crippen molar-refractivity contribution in [2.45, 2.75) is 32.7 Å². The van der Waals surface area contributed by atoms with Gasteiger partial charge in [0.25, 0.3) is 0 Å². The van der Waals surface area contributed by atoms with Crippen molar-refractivity contribution in [1.29, 1.82) is 0 Å². The van der Waals surface area contributed by atoms with Crippen LogP contribution in [-0.4, -0.2) is 25.3 Å². The zero-order valence-corrected chi connectivity index (χ0v) is 11.4. The van der Waals surface area contributed by atoms with Crippen LogP contribution in [0.3, 0.4) is 0 Å². The quantitative estimate of drug-likeness (QED) is 0.784. The lowest BCUT2D eigenvalue weighted by molar-refractivity contribution is -0.230. The SMILES string of the molecule is CCC(C)C(=O)OC1COC(c2ccccc2)OC1. The normalized spacial score (nSPS) is 24.7. The topological polar surface area (TPSA) is 44.8 Å². The Morgan fingerprint density at radius 1 is 1.32 bits per heavy atom. The highest BCUT2D eigenvalue weighted by Crippen LogP contribution is 2.23. The number of benzene rings is 1. The van der Waals surface area contributed by atoms with Crippen LogP contribution in [0.15, 0.2) is 30.3 Å². The number of carbonyl (C=O) groups is 1. The molecule has 1 aromatic carbocycles. The van der Waals surface area contributed by atoms with Crippen molar-refractivity contribution in [1.82, 2.24) is 0 Å². The molecule has 0 spiro atoms. The zero-order chi connectivity index (χ0) is 13.7. The Morgan fingerprint density at radius 3 is 2.53 bits per heavy atom. The van der Waals surface area contributed by atoms with E-state index in [1.807, 2.05) is 44.2 Å². The van der Waals surface area contributed by atoms with E-state index in [4.69, 9.17) is 14.2 Å². The second-order valence-electron chi connectivity index (χ2n) is 4.78. The van der Waals surface area contributed by atoms with Crippen molar-refractivity contribution < 1.29 is 19.0 Å². The molecule has 0 N–H and O–H groups in total. The summed E-state index contributed by atoms with van der Waals surface area (Å²) in [6.07, 6.45) is 0.112. The second kappa shape index (κ2) is 6.68. The molecule has 1 saturated heterocycles. The average molecular weight is 264 g/mol. The highest BCUT2D eigenvalue weighted by atomic mass is 16.7. The molecule has 4 nitrogen and oxygen atoms in total. The van der Waals surface area contributed by atoms with E-state index < -0.39 is 0 Å². The van der Waals surface area contributed by atoms with Crippen LogP contribution < -0.4 is 0 Å². The molecule has 2 rings (SSSR count). The molecule has 1 unspecified atom stereocenters. The fourth-order valence-corrected chi connectivity index (χ4v) is 1.80. The van der Waals surface area contributed by atoms with Gasteiger partial charge in [-0.05, 0) is 6.42 Å². The summed E-state index contributed by atoms with van der Waals surface area (Å²) in [5, 5.41) is 0. The first-order chi connectivity index (χ1) is 9.20. The summed E-state index contributed by atoms with van der Waals surface area (Å²) in [6.45, 7) is 4.58. The molecule has 1 aliphatic rings. The minimum absolute atomic E-state index is 0.0770. The van der Waals surface area contributed by atoms with Crippen LogP contribution in [0.4, 0.5) is 0 Å². The summed E-state index contributed by atoms with van der Waals surface area (Å²) in [5.41, 5.74) is 0.981. The zero-order valence-electron chi connectivity index (χ0n) is 11.4. The number of hydrogen-bond acceptors (Lipinski definition) is 4. The van der Waals surface area contributed by atoms with Crippen molar-refractivity contribution in [3.05, 3.63) is 35.9 Å².